The molecule has 3 aliphatic rings. The molecule has 1 aliphatic carbocycles. The summed E-state index contributed by atoms with van der Waals surface area (Å²) >= 11 is 0. The van der Waals surface area contributed by atoms with Gasteiger partial charge in [-0.05, 0) is 48.9 Å². The van der Waals surface area contributed by atoms with Crippen molar-refractivity contribution in [1.82, 2.24) is 14.8 Å². The second-order valence-electron chi connectivity index (χ2n) is 10.9. The third-order valence-corrected chi connectivity index (χ3v) is 8.93. The van der Waals surface area contributed by atoms with Crippen LogP contribution in [0.3, 0.4) is 0 Å². The summed E-state index contributed by atoms with van der Waals surface area (Å²) in [6, 6.07) is 13.0. The van der Waals surface area contributed by atoms with Crippen molar-refractivity contribution in [2.24, 2.45) is 11.7 Å². The number of nitrogens with two attached hydrogens (primary N) is 1. The molecule has 1 unspecified atom stereocenters. The first-order valence-corrected chi connectivity index (χ1v) is 13.2. The number of H-pyrrole nitrogens is 1. The molecule has 7 heteroatoms. The number of nitrogens with one attached hydrogen (secondary N) is 1. The number of carbonyl (C=O) groups excluding carboxylic acids is 1. The number of aromatic nitrogens is 1. The Morgan fingerprint density at radius 3 is 2.61 bits per heavy atom. The highest BCUT2D eigenvalue weighted by Gasteiger charge is 2.48. The number of halogens is 1. The molecule has 1 amide bonds. The zero-order valence-electron chi connectivity index (χ0n) is 20.7. The topological polar surface area (TPSA) is 85.6 Å². The number of carbonyl (C=O) groups is 1. The first-order valence-electron chi connectivity index (χ1n) is 13.2. The molecule has 2 aromatic carbocycles. The molecule has 0 bridgehead atoms. The standard InChI is InChI=1S/C29H35FN4O2/c30-23-7-2-1-4-21(23)16-34-18-29(10-12-33(13-11-29)28(36)20-5-3-6-20)26-22-9-8-19(15-31)14-24(22)32-27(26)25(34)17-35/h1-2,4,7-9,14,20,25,32,35H,3,5-6,10-13,15-18,31H2. The number of aliphatic hydroxyl groups is 1. The molecule has 2 fully saturated rings. The lowest BCUT2D eigenvalue weighted by Crippen LogP contribution is -2.55. The Hall–Kier alpha value is -2.74. The highest BCUT2D eigenvalue weighted by Crippen LogP contribution is 2.49. The van der Waals surface area contributed by atoms with E-state index in [0.29, 0.717) is 24.6 Å². The summed E-state index contributed by atoms with van der Waals surface area (Å²) in [5.74, 6) is 0.300. The number of likely N-dealkylation sites (tertiary alicyclic amines) is 1. The molecule has 6 rings (SSSR count). The van der Waals surface area contributed by atoms with Crippen molar-refractivity contribution in [3.05, 3.63) is 70.7 Å². The van der Waals surface area contributed by atoms with Gasteiger partial charge in [-0.15, -0.1) is 0 Å². The van der Waals surface area contributed by atoms with E-state index in [1.165, 1.54) is 17.0 Å². The van der Waals surface area contributed by atoms with Crippen molar-refractivity contribution in [3.8, 4) is 0 Å². The SMILES string of the molecule is NCc1ccc2c3c([nH]c2c1)C(CO)N(Cc1ccccc1F)CC31CCN(C(=O)C2CCC2)CC1. The zero-order chi connectivity index (χ0) is 24.9. The third-order valence-electron chi connectivity index (χ3n) is 8.93. The lowest BCUT2D eigenvalue weighted by molar-refractivity contribution is -0.140. The summed E-state index contributed by atoms with van der Waals surface area (Å²) < 4.78 is 14.7. The Morgan fingerprint density at radius 2 is 1.94 bits per heavy atom. The van der Waals surface area contributed by atoms with Gasteiger partial charge >= 0.3 is 0 Å². The van der Waals surface area contributed by atoms with Gasteiger partial charge in [-0.25, -0.2) is 4.39 Å². The van der Waals surface area contributed by atoms with Crippen molar-refractivity contribution >= 4 is 16.8 Å². The number of rotatable bonds is 5. The molecule has 1 atom stereocenters. The minimum Gasteiger partial charge on any atom is -0.394 e. The summed E-state index contributed by atoms with van der Waals surface area (Å²) in [4.78, 5) is 20.9. The Kier molecular flexibility index (Phi) is 6.10. The zero-order valence-corrected chi connectivity index (χ0v) is 20.7. The second-order valence-corrected chi connectivity index (χ2v) is 10.9. The number of aromatic amines is 1. The lowest BCUT2D eigenvalue weighted by Gasteiger charge is -2.50. The minimum atomic E-state index is -0.256. The van der Waals surface area contributed by atoms with E-state index in [-0.39, 0.29) is 29.8 Å². The smallest absolute Gasteiger partial charge is 0.225 e. The van der Waals surface area contributed by atoms with Crippen molar-refractivity contribution in [2.75, 3.05) is 26.2 Å². The molecule has 0 radical (unpaired) electrons. The van der Waals surface area contributed by atoms with Gasteiger partial charge in [-0.2, -0.15) is 0 Å². The van der Waals surface area contributed by atoms with E-state index in [0.717, 1.165) is 68.5 Å². The van der Waals surface area contributed by atoms with Crippen molar-refractivity contribution in [2.45, 2.75) is 56.7 Å². The fraction of sp³-hybridized carbons (Fsp3) is 0.483. The molecular weight excluding hydrogens is 455 g/mol. The van der Waals surface area contributed by atoms with Crippen molar-refractivity contribution < 1.29 is 14.3 Å². The quantitative estimate of drug-likeness (QED) is 0.505. The van der Waals surface area contributed by atoms with Crippen molar-refractivity contribution in [3.63, 3.8) is 0 Å². The number of hydrogen-bond acceptors (Lipinski definition) is 4. The number of aliphatic hydroxyl groups excluding tert-OH is 1. The van der Waals surface area contributed by atoms with Gasteiger partial charge < -0.3 is 20.7 Å². The number of fused-ring (bicyclic) bond motifs is 4. The van der Waals surface area contributed by atoms with Crippen LogP contribution < -0.4 is 5.73 Å². The largest absolute Gasteiger partial charge is 0.394 e. The number of nitrogens with zero attached hydrogens (tertiary/aromatic N) is 2. The van der Waals surface area contributed by atoms with E-state index in [4.69, 9.17) is 5.73 Å². The molecule has 6 nitrogen and oxygen atoms in total. The third kappa shape index (κ3) is 3.85. The fourth-order valence-electron chi connectivity index (χ4n) is 6.67. The van der Waals surface area contributed by atoms with Gasteiger partial charge in [0.2, 0.25) is 5.91 Å². The van der Waals surface area contributed by atoms with Crippen LogP contribution in [-0.4, -0.2) is 52.0 Å². The van der Waals surface area contributed by atoms with Gasteiger partial charge in [0.1, 0.15) is 5.82 Å². The van der Waals surface area contributed by atoms with Crippen molar-refractivity contribution in [1.29, 1.82) is 0 Å². The van der Waals surface area contributed by atoms with E-state index in [1.54, 1.807) is 6.07 Å². The predicted octanol–water partition coefficient (Wildman–Crippen LogP) is 3.98. The number of piperidine rings is 1. The summed E-state index contributed by atoms with van der Waals surface area (Å²) in [6.45, 7) is 3.02. The predicted molar refractivity (Wildman–Crippen MR) is 138 cm³/mol. The molecular formula is C29H35FN4O2. The Bertz CT molecular complexity index is 1280. The Morgan fingerprint density at radius 1 is 1.17 bits per heavy atom. The second kappa shape index (κ2) is 9.29. The maximum absolute atomic E-state index is 14.7. The molecule has 3 aromatic rings. The van der Waals surface area contributed by atoms with Crippen LogP contribution >= 0.6 is 0 Å². The molecule has 1 saturated heterocycles. The first kappa shape index (κ1) is 23.6. The van der Waals surface area contributed by atoms with E-state index in [9.17, 15) is 14.3 Å². The van der Waals surface area contributed by atoms with Gasteiger partial charge in [-0.3, -0.25) is 9.69 Å². The van der Waals surface area contributed by atoms with Crippen LogP contribution in [0, 0.1) is 11.7 Å². The van der Waals surface area contributed by atoms with Gasteiger partial charge in [0.25, 0.3) is 0 Å². The van der Waals surface area contributed by atoms with Gasteiger partial charge in [0, 0.05) is 66.2 Å². The minimum absolute atomic E-state index is 0.0552. The van der Waals surface area contributed by atoms with Gasteiger partial charge in [0.15, 0.2) is 0 Å². The summed E-state index contributed by atoms with van der Waals surface area (Å²) in [7, 11) is 0. The molecule has 36 heavy (non-hydrogen) atoms. The molecule has 1 aromatic heterocycles. The highest BCUT2D eigenvalue weighted by molar-refractivity contribution is 5.87. The van der Waals surface area contributed by atoms with Crippen LogP contribution in [0.2, 0.25) is 0 Å². The van der Waals surface area contributed by atoms with E-state index >= 15 is 0 Å². The maximum atomic E-state index is 14.7. The van der Waals surface area contributed by atoms with Crippen LogP contribution in [0.5, 0.6) is 0 Å². The van der Waals surface area contributed by atoms with E-state index in [2.05, 4.69) is 33.0 Å². The van der Waals surface area contributed by atoms with Crippen LogP contribution in [0.25, 0.3) is 10.9 Å². The van der Waals surface area contributed by atoms with Crippen LogP contribution in [0.15, 0.2) is 42.5 Å². The highest BCUT2D eigenvalue weighted by atomic mass is 19.1. The Labute approximate surface area is 211 Å². The monoisotopic (exact) mass is 490 g/mol. The fourth-order valence-corrected chi connectivity index (χ4v) is 6.67. The van der Waals surface area contributed by atoms with E-state index in [1.807, 2.05) is 12.1 Å². The summed E-state index contributed by atoms with van der Waals surface area (Å²) in [5, 5.41) is 11.7. The number of hydrogen-bond donors (Lipinski definition) is 3. The normalized spacial score (nSPS) is 22.1. The molecule has 1 saturated carbocycles. The maximum Gasteiger partial charge on any atom is 0.225 e. The van der Waals surface area contributed by atoms with Gasteiger partial charge in [-0.1, -0.05) is 36.8 Å². The lowest BCUT2D eigenvalue weighted by atomic mass is 9.68. The average Bonchev–Trinajstić information content (AvgIpc) is 3.24. The van der Waals surface area contributed by atoms with Gasteiger partial charge in [0.05, 0.1) is 12.6 Å². The first-order chi connectivity index (χ1) is 17.5. The number of amides is 1. The Balaban J connectivity index is 1.40. The van der Waals surface area contributed by atoms with Crippen LogP contribution in [0.4, 0.5) is 4.39 Å². The molecule has 2 aliphatic heterocycles. The van der Waals surface area contributed by atoms with Crippen LogP contribution in [-0.2, 0) is 23.3 Å². The summed E-state index contributed by atoms with van der Waals surface area (Å²) in [6.07, 6.45) is 4.91. The molecule has 190 valence electrons. The number of benzene rings is 2. The molecule has 1 spiro atoms. The molecule has 4 N–H and O–H groups in total. The molecule has 3 heterocycles. The van der Waals surface area contributed by atoms with Crippen LogP contribution in [0.1, 0.15) is 60.5 Å². The summed E-state index contributed by atoms with van der Waals surface area (Å²) in [5.41, 5.74) is 10.7. The van der Waals surface area contributed by atoms with E-state index < -0.39 is 0 Å². The average molecular weight is 491 g/mol.